The van der Waals surface area contributed by atoms with Gasteiger partial charge in [0.1, 0.15) is 0 Å². The zero-order chi connectivity index (χ0) is 20.5. The number of nitrogens with zero attached hydrogens (tertiary/aromatic N) is 1. The predicted molar refractivity (Wildman–Crippen MR) is 108 cm³/mol. The molecule has 29 heavy (non-hydrogen) atoms. The van der Waals surface area contributed by atoms with Crippen molar-refractivity contribution in [2.75, 3.05) is 13.2 Å². The van der Waals surface area contributed by atoms with Crippen LogP contribution >= 0.6 is 0 Å². The van der Waals surface area contributed by atoms with Crippen molar-refractivity contribution in [3.63, 3.8) is 0 Å². The minimum absolute atomic E-state index is 0.102. The third-order valence-corrected chi connectivity index (χ3v) is 5.65. The van der Waals surface area contributed by atoms with Gasteiger partial charge >= 0.3 is 0 Å². The van der Waals surface area contributed by atoms with Crippen molar-refractivity contribution in [3.05, 3.63) is 70.3 Å². The summed E-state index contributed by atoms with van der Waals surface area (Å²) in [5.74, 6) is -0.954. The highest BCUT2D eigenvalue weighted by molar-refractivity contribution is 6.22. The van der Waals surface area contributed by atoms with Crippen LogP contribution in [0.15, 0.2) is 42.5 Å². The van der Waals surface area contributed by atoms with Crippen LogP contribution in [0.3, 0.4) is 0 Å². The summed E-state index contributed by atoms with van der Waals surface area (Å²) >= 11 is 0. The molecule has 2 aromatic rings. The van der Waals surface area contributed by atoms with Crippen LogP contribution in [-0.2, 0) is 4.74 Å². The lowest BCUT2D eigenvalue weighted by molar-refractivity contribution is 0.0475. The van der Waals surface area contributed by atoms with E-state index < -0.39 is 0 Å². The number of fused-ring (bicyclic) bond motifs is 1. The molecule has 1 fully saturated rings. The van der Waals surface area contributed by atoms with Gasteiger partial charge in [0.25, 0.3) is 17.7 Å². The van der Waals surface area contributed by atoms with Crippen molar-refractivity contribution in [1.29, 1.82) is 0 Å². The zero-order valence-corrected chi connectivity index (χ0v) is 16.6. The Bertz CT molecular complexity index is 979. The Morgan fingerprint density at radius 3 is 2.66 bits per heavy atom. The van der Waals surface area contributed by atoms with Gasteiger partial charge in [-0.3, -0.25) is 19.3 Å². The summed E-state index contributed by atoms with van der Waals surface area (Å²) in [4.78, 5) is 39.4. The van der Waals surface area contributed by atoms with Crippen LogP contribution in [-0.4, -0.2) is 41.9 Å². The van der Waals surface area contributed by atoms with Crippen molar-refractivity contribution >= 4 is 17.7 Å². The number of carbonyl (C=O) groups excluding carboxylic acids is 3. The zero-order valence-electron chi connectivity index (χ0n) is 16.6. The van der Waals surface area contributed by atoms with Gasteiger partial charge in [0.2, 0.25) is 0 Å². The maximum absolute atomic E-state index is 12.8. The van der Waals surface area contributed by atoms with Crippen LogP contribution in [0.4, 0.5) is 0 Å². The highest BCUT2D eigenvalue weighted by Gasteiger charge is 2.38. The summed E-state index contributed by atoms with van der Waals surface area (Å²) in [5, 5.41) is 2.97. The first-order valence-corrected chi connectivity index (χ1v) is 9.94. The second kappa shape index (κ2) is 7.79. The smallest absolute Gasteiger partial charge is 0.261 e. The Balaban J connectivity index is 1.51. The molecule has 6 heteroatoms. The van der Waals surface area contributed by atoms with Crippen LogP contribution in [0.1, 0.15) is 68.0 Å². The average Bonchev–Trinajstić information content (AvgIpc) is 3.31. The minimum Gasteiger partial charge on any atom is -0.376 e. The van der Waals surface area contributed by atoms with E-state index in [0.29, 0.717) is 17.7 Å². The SMILES string of the molecule is Cc1ccccc1C(C)NC(=O)c1ccc2c(c1)C(=O)N(CC1CCCO1)C2=O. The molecule has 3 amide bonds. The highest BCUT2D eigenvalue weighted by atomic mass is 16.5. The molecule has 2 aromatic carbocycles. The highest BCUT2D eigenvalue weighted by Crippen LogP contribution is 2.26. The number of amides is 3. The van der Waals surface area contributed by atoms with E-state index in [4.69, 9.17) is 4.74 Å². The first-order chi connectivity index (χ1) is 14.0. The third-order valence-electron chi connectivity index (χ3n) is 5.65. The van der Waals surface area contributed by atoms with Crippen LogP contribution in [0, 0.1) is 6.92 Å². The molecule has 2 aliphatic rings. The molecule has 0 saturated carbocycles. The molecule has 4 rings (SSSR count). The maximum atomic E-state index is 12.8. The van der Waals surface area contributed by atoms with Gasteiger partial charge in [-0.1, -0.05) is 24.3 Å². The number of nitrogens with one attached hydrogen (secondary N) is 1. The van der Waals surface area contributed by atoms with E-state index in [1.807, 2.05) is 38.1 Å². The van der Waals surface area contributed by atoms with Crippen molar-refractivity contribution in [2.24, 2.45) is 0 Å². The van der Waals surface area contributed by atoms with Gasteiger partial charge in [0.15, 0.2) is 0 Å². The maximum Gasteiger partial charge on any atom is 0.261 e. The molecule has 2 atom stereocenters. The number of rotatable bonds is 5. The molecule has 1 N–H and O–H groups in total. The average molecular weight is 392 g/mol. The Morgan fingerprint density at radius 2 is 1.93 bits per heavy atom. The van der Waals surface area contributed by atoms with Crippen LogP contribution in [0.25, 0.3) is 0 Å². The number of hydrogen-bond acceptors (Lipinski definition) is 4. The van der Waals surface area contributed by atoms with E-state index in [-0.39, 0.29) is 42.0 Å². The Hall–Kier alpha value is -2.99. The standard InChI is InChI=1S/C23H24N2O4/c1-14-6-3-4-8-18(14)15(2)24-21(26)16-9-10-19-20(12-16)23(28)25(22(19)27)13-17-7-5-11-29-17/h3-4,6,8-10,12,15,17H,5,7,11,13H2,1-2H3,(H,24,26). The quantitative estimate of drug-likeness (QED) is 0.793. The van der Waals surface area contributed by atoms with Crippen molar-refractivity contribution < 1.29 is 19.1 Å². The van der Waals surface area contributed by atoms with E-state index in [0.717, 1.165) is 24.0 Å². The normalized spacial score (nSPS) is 19.4. The third kappa shape index (κ3) is 3.68. The lowest BCUT2D eigenvalue weighted by Crippen LogP contribution is -2.36. The monoisotopic (exact) mass is 392 g/mol. The summed E-state index contributed by atoms with van der Waals surface area (Å²) in [7, 11) is 0. The van der Waals surface area contributed by atoms with Gasteiger partial charge in [-0.05, 0) is 56.0 Å². The number of ether oxygens (including phenoxy) is 1. The molecule has 0 spiro atoms. The number of hydrogen-bond donors (Lipinski definition) is 1. The van der Waals surface area contributed by atoms with Gasteiger partial charge < -0.3 is 10.1 Å². The van der Waals surface area contributed by atoms with E-state index in [1.165, 1.54) is 11.0 Å². The molecule has 0 aliphatic carbocycles. The lowest BCUT2D eigenvalue weighted by atomic mass is 10.0. The first kappa shape index (κ1) is 19.3. The van der Waals surface area contributed by atoms with Crippen molar-refractivity contribution in [1.82, 2.24) is 10.2 Å². The molecule has 1 saturated heterocycles. The fourth-order valence-electron chi connectivity index (χ4n) is 4.02. The molecule has 2 heterocycles. The fourth-order valence-corrected chi connectivity index (χ4v) is 4.02. The first-order valence-electron chi connectivity index (χ1n) is 9.94. The van der Waals surface area contributed by atoms with Crippen LogP contribution in [0.2, 0.25) is 0 Å². The number of benzene rings is 2. The van der Waals surface area contributed by atoms with E-state index in [2.05, 4.69) is 5.32 Å². The Kier molecular flexibility index (Phi) is 5.20. The fraction of sp³-hybridized carbons (Fsp3) is 0.348. The summed E-state index contributed by atoms with van der Waals surface area (Å²) < 4.78 is 5.56. The van der Waals surface area contributed by atoms with Crippen LogP contribution in [0.5, 0.6) is 0 Å². The summed E-state index contributed by atoms with van der Waals surface area (Å²) in [6.45, 7) is 4.85. The molecule has 0 aromatic heterocycles. The molecule has 6 nitrogen and oxygen atoms in total. The van der Waals surface area contributed by atoms with Gasteiger partial charge in [-0.25, -0.2) is 0 Å². The Labute approximate surface area is 169 Å². The summed E-state index contributed by atoms with van der Waals surface area (Å²) in [6.07, 6.45) is 1.68. The largest absolute Gasteiger partial charge is 0.376 e. The second-order valence-corrected chi connectivity index (χ2v) is 7.67. The molecule has 2 aliphatic heterocycles. The van der Waals surface area contributed by atoms with E-state index >= 15 is 0 Å². The molecular formula is C23H24N2O4. The minimum atomic E-state index is -0.359. The number of aryl methyl sites for hydroxylation is 1. The lowest BCUT2D eigenvalue weighted by Gasteiger charge is -2.18. The molecule has 2 unspecified atom stereocenters. The van der Waals surface area contributed by atoms with E-state index in [1.54, 1.807) is 12.1 Å². The second-order valence-electron chi connectivity index (χ2n) is 7.67. The molecule has 150 valence electrons. The molecule has 0 bridgehead atoms. The van der Waals surface area contributed by atoms with Crippen LogP contribution < -0.4 is 5.32 Å². The van der Waals surface area contributed by atoms with Gasteiger partial charge in [-0.2, -0.15) is 0 Å². The number of imide groups is 1. The molecule has 0 radical (unpaired) electrons. The van der Waals surface area contributed by atoms with Gasteiger partial charge in [0.05, 0.1) is 29.8 Å². The van der Waals surface area contributed by atoms with E-state index in [9.17, 15) is 14.4 Å². The topological polar surface area (TPSA) is 75.7 Å². The van der Waals surface area contributed by atoms with Crippen molar-refractivity contribution in [2.45, 2.75) is 38.8 Å². The van der Waals surface area contributed by atoms with Gasteiger partial charge in [0, 0.05) is 12.2 Å². The Morgan fingerprint density at radius 1 is 1.17 bits per heavy atom. The summed E-state index contributed by atoms with van der Waals surface area (Å²) in [5.41, 5.74) is 3.13. The predicted octanol–water partition coefficient (Wildman–Crippen LogP) is 3.26. The summed E-state index contributed by atoms with van der Waals surface area (Å²) in [6, 6.07) is 12.4. The van der Waals surface area contributed by atoms with Crippen molar-refractivity contribution in [3.8, 4) is 0 Å². The van der Waals surface area contributed by atoms with Gasteiger partial charge in [-0.15, -0.1) is 0 Å². The molecular weight excluding hydrogens is 368 g/mol. The number of carbonyl (C=O) groups is 3.